The largest absolute Gasteiger partial charge is 0.468 e. The van der Waals surface area contributed by atoms with E-state index in [1.54, 1.807) is 17.1 Å². The minimum Gasteiger partial charge on any atom is -0.468 e. The van der Waals surface area contributed by atoms with Crippen LogP contribution < -0.4 is 4.90 Å². The number of likely N-dealkylation sites (tertiary alicyclic amines) is 1. The highest BCUT2D eigenvalue weighted by Crippen LogP contribution is 2.37. The van der Waals surface area contributed by atoms with Gasteiger partial charge in [0.1, 0.15) is 12.4 Å². The molecule has 7 heteroatoms. The number of amides is 1. The highest BCUT2D eigenvalue weighted by Gasteiger charge is 2.48. The number of piperidine rings is 1. The normalized spacial score (nSPS) is 24.2. The number of carbonyl (C=O) groups excluding carboxylic acids is 1. The van der Waals surface area contributed by atoms with E-state index in [0.29, 0.717) is 0 Å². The van der Waals surface area contributed by atoms with Crippen molar-refractivity contribution >= 4 is 11.6 Å². The van der Waals surface area contributed by atoms with Gasteiger partial charge in [0.15, 0.2) is 0 Å². The first kappa shape index (κ1) is 16.4. The minimum atomic E-state index is -0.288. The molecule has 0 saturated carbocycles. The summed E-state index contributed by atoms with van der Waals surface area (Å²) in [5, 5.41) is 4.21. The molecule has 0 radical (unpaired) electrons. The maximum Gasteiger partial charge on any atom is 0.253 e. The van der Waals surface area contributed by atoms with Gasteiger partial charge in [0.25, 0.3) is 5.91 Å². The number of rotatable bonds is 3. The summed E-state index contributed by atoms with van der Waals surface area (Å²) < 4.78 is 13.3. The number of nitrogens with zero attached hydrogens (tertiary/aromatic N) is 4. The van der Waals surface area contributed by atoms with Crippen LogP contribution in [0.2, 0.25) is 0 Å². The van der Waals surface area contributed by atoms with Crippen LogP contribution >= 0.6 is 0 Å². The van der Waals surface area contributed by atoms with Crippen LogP contribution in [0.15, 0.2) is 35.2 Å². The fourth-order valence-electron chi connectivity index (χ4n) is 4.02. The van der Waals surface area contributed by atoms with Gasteiger partial charge in [-0.15, -0.1) is 0 Å². The average molecular weight is 344 g/mol. The molecule has 134 valence electrons. The Morgan fingerprint density at radius 3 is 2.80 bits per heavy atom. The lowest BCUT2D eigenvalue weighted by molar-refractivity contribution is -0.153. The van der Waals surface area contributed by atoms with Crippen molar-refractivity contribution in [3.05, 3.63) is 36.5 Å². The van der Waals surface area contributed by atoms with Gasteiger partial charge in [0.2, 0.25) is 0 Å². The number of aromatic nitrogens is 2. The van der Waals surface area contributed by atoms with Crippen LogP contribution in [-0.4, -0.2) is 51.9 Å². The second kappa shape index (κ2) is 6.31. The van der Waals surface area contributed by atoms with Gasteiger partial charge in [0.05, 0.1) is 36.3 Å². The number of hydrogen-bond donors (Lipinski definition) is 0. The van der Waals surface area contributed by atoms with Gasteiger partial charge >= 0.3 is 0 Å². The zero-order valence-electron chi connectivity index (χ0n) is 14.7. The van der Waals surface area contributed by atoms with E-state index >= 15 is 0 Å². The molecular formula is C18H24N4O3. The summed E-state index contributed by atoms with van der Waals surface area (Å²) in [6.45, 7) is 4.91. The smallest absolute Gasteiger partial charge is 0.253 e. The molecule has 2 fully saturated rings. The summed E-state index contributed by atoms with van der Waals surface area (Å²) in [7, 11) is 1.86. The Balaban J connectivity index is 1.47. The van der Waals surface area contributed by atoms with Crippen LogP contribution in [0.25, 0.3) is 0 Å². The second-order valence-corrected chi connectivity index (χ2v) is 7.02. The molecule has 2 aliphatic rings. The molecule has 0 bridgehead atoms. The van der Waals surface area contributed by atoms with E-state index in [1.165, 1.54) is 0 Å². The summed E-state index contributed by atoms with van der Waals surface area (Å²) in [6, 6.07) is 3.92. The zero-order valence-corrected chi connectivity index (χ0v) is 14.7. The average Bonchev–Trinajstić information content (AvgIpc) is 3.26. The number of aryl methyl sites for hydroxylation is 1. The molecule has 2 aromatic heterocycles. The Labute approximate surface area is 147 Å². The molecule has 0 N–H and O–H groups in total. The Kier molecular flexibility index (Phi) is 4.13. The van der Waals surface area contributed by atoms with Crippen molar-refractivity contribution in [1.29, 1.82) is 0 Å². The molecule has 0 unspecified atom stereocenters. The number of ether oxygens (including phenoxy) is 1. The zero-order chi connectivity index (χ0) is 17.4. The first-order valence-corrected chi connectivity index (χ1v) is 8.77. The third-order valence-corrected chi connectivity index (χ3v) is 5.53. The van der Waals surface area contributed by atoms with E-state index in [9.17, 15) is 4.79 Å². The number of carbonyl (C=O) groups is 1. The van der Waals surface area contributed by atoms with Gasteiger partial charge in [0, 0.05) is 26.3 Å². The van der Waals surface area contributed by atoms with E-state index in [-0.39, 0.29) is 24.2 Å². The molecule has 4 heterocycles. The maximum atomic E-state index is 12.5. The van der Waals surface area contributed by atoms with Crippen molar-refractivity contribution in [1.82, 2.24) is 14.7 Å². The highest BCUT2D eigenvalue weighted by molar-refractivity contribution is 5.95. The number of anilines is 1. The van der Waals surface area contributed by atoms with Crippen LogP contribution in [0.5, 0.6) is 0 Å². The van der Waals surface area contributed by atoms with E-state index in [1.807, 2.05) is 30.3 Å². The van der Waals surface area contributed by atoms with Crippen LogP contribution in [0.1, 0.15) is 25.5 Å². The molecular weight excluding hydrogens is 320 g/mol. The summed E-state index contributed by atoms with van der Waals surface area (Å²) in [4.78, 5) is 16.7. The fourth-order valence-corrected chi connectivity index (χ4v) is 4.02. The van der Waals surface area contributed by atoms with Gasteiger partial charge in [-0.2, -0.15) is 5.10 Å². The van der Waals surface area contributed by atoms with E-state index < -0.39 is 0 Å². The fraction of sp³-hybridized carbons (Fsp3) is 0.556. The molecule has 2 aliphatic heterocycles. The first-order chi connectivity index (χ1) is 12.1. The summed E-state index contributed by atoms with van der Waals surface area (Å²) in [5.41, 5.74) is 0.560. The molecule has 0 aliphatic carbocycles. The van der Waals surface area contributed by atoms with Crippen molar-refractivity contribution in [2.24, 2.45) is 7.05 Å². The third-order valence-electron chi connectivity index (χ3n) is 5.53. The third kappa shape index (κ3) is 2.98. The number of morpholine rings is 1. The van der Waals surface area contributed by atoms with Crippen LogP contribution in [0.4, 0.5) is 5.69 Å². The SMILES string of the molecule is C[C@@H]1N(c2cnn(C)c2)C(=O)COC12CCN(Cc1ccco1)CC2. The Morgan fingerprint density at radius 1 is 1.36 bits per heavy atom. The molecule has 2 aromatic rings. The second-order valence-electron chi connectivity index (χ2n) is 7.02. The molecule has 7 nitrogen and oxygen atoms in total. The Morgan fingerprint density at radius 2 is 2.16 bits per heavy atom. The molecule has 25 heavy (non-hydrogen) atoms. The van der Waals surface area contributed by atoms with Crippen molar-refractivity contribution in [2.45, 2.75) is 38.0 Å². The van der Waals surface area contributed by atoms with Crippen molar-refractivity contribution in [3.63, 3.8) is 0 Å². The molecule has 1 atom stereocenters. The predicted octanol–water partition coefficient (Wildman–Crippen LogP) is 1.80. The molecule has 1 amide bonds. The topological polar surface area (TPSA) is 63.7 Å². The summed E-state index contributed by atoms with van der Waals surface area (Å²) in [6.07, 6.45) is 7.15. The summed E-state index contributed by atoms with van der Waals surface area (Å²) >= 11 is 0. The Bertz CT molecular complexity index is 731. The van der Waals surface area contributed by atoms with Crippen molar-refractivity contribution in [3.8, 4) is 0 Å². The standard InChI is InChI=1S/C18H24N4O3/c1-14-18(5-7-21(8-6-18)12-16-4-3-9-24-16)25-13-17(23)22(14)15-10-19-20(2)11-15/h3-4,9-11,14H,5-8,12-13H2,1-2H3/t14-/m0/s1. The summed E-state index contributed by atoms with van der Waals surface area (Å²) in [5.74, 6) is 0.991. The lowest BCUT2D eigenvalue weighted by atomic mass is 9.82. The van der Waals surface area contributed by atoms with Gasteiger partial charge in [-0.25, -0.2) is 0 Å². The van der Waals surface area contributed by atoms with E-state index in [0.717, 1.165) is 43.9 Å². The van der Waals surface area contributed by atoms with Gasteiger partial charge in [-0.1, -0.05) is 0 Å². The molecule has 2 saturated heterocycles. The number of furan rings is 1. The van der Waals surface area contributed by atoms with E-state index in [2.05, 4.69) is 16.9 Å². The lowest BCUT2D eigenvalue weighted by Crippen LogP contribution is -2.64. The quantitative estimate of drug-likeness (QED) is 0.850. The monoisotopic (exact) mass is 344 g/mol. The minimum absolute atomic E-state index is 0.00383. The maximum absolute atomic E-state index is 12.5. The van der Waals surface area contributed by atoms with Crippen LogP contribution in [-0.2, 0) is 23.1 Å². The molecule has 4 rings (SSSR count). The Hall–Kier alpha value is -2.12. The predicted molar refractivity (Wildman–Crippen MR) is 92.1 cm³/mol. The molecule has 1 spiro atoms. The first-order valence-electron chi connectivity index (χ1n) is 8.77. The number of hydrogen-bond acceptors (Lipinski definition) is 5. The lowest BCUT2D eigenvalue weighted by Gasteiger charge is -2.51. The van der Waals surface area contributed by atoms with Crippen LogP contribution in [0.3, 0.4) is 0 Å². The van der Waals surface area contributed by atoms with Crippen molar-refractivity contribution in [2.75, 3.05) is 24.6 Å². The van der Waals surface area contributed by atoms with Gasteiger partial charge in [-0.05, 0) is 31.9 Å². The van der Waals surface area contributed by atoms with Gasteiger partial charge in [-0.3, -0.25) is 14.4 Å². The molecule has 0 aromatic carbocycles. The van der Waals surface area contributed by atoms with Gasteiger partial charge < -0.3 is 14.1 Å². The van der Waals surface area contributed by atoms with Crippen LogP contribution in [0, 0.1) is 0 Å². The van der Waals surface area contributed by atoms with Crippen molar-refractivity contribution < 1.29 is 13.9 Å². The van der Waals surface area contributed by atoms with E-state index in [4.69, 9.17) is 9.15 Å². The highest BCUT2D eigenvalue weighted by atomic mass is 16.5.